The fourth-order valence-corrected chi connectivity index (χ4v) is 2.25. The molecule has 0 bridgehead atoms. The number of nitrogens with one attached hydrogen (secondary N) is 2. The van der Waals surface area contributed by atoms with E-state index in [4.69, 9.17) is 5.84 Å². The second kappa shape index (κ2) is 5.56. The van der Waals surface area contributed by atoms with E-state index in [-0.39, 0.29) is 5.41 Å². The Labute approximate surface area is 121 Å². The van der Waals surface area contributed by atoms with Crippen LogP contribution in [-0.4, -0.2) is 16.5 Å². The lowest BCUT2D eigenvalue weighted by molar-refractivity contribution is 0.531. The number of hydrogen-bond donors (Lipinski definition) is 3. The molecule has 1 unspecified atom stereocenters. The van der Waals surface area contributed by atoms with Crippen LogP contribution in [0.4, 0.5) is 11.6 Å². The Hall–Kier alpha value is -1.36. The molecule has 0 aromatic carbocycles. The normalized spacial score (nSPS) is 16.9. The van der Waals surface area contributed by atoms with Crippen LogP contribution in [0, 0.1) is 18.8 Å². The molecule has 1 saturated carbocycles. The van der Waals surface area contributed by atoms with Gasteiger partial charge in [-0.05, 0) is 31.6 Å². The first-order valence-electron chi connectivity index (χ1n) is 7.42. The number of rotatable bonds is 5. The van der Waals surface area contributed by atoms with Crippen molar-refractivity contribution >= 4 is 11.6 Å². The van der Waals surface area contributed by atoms with Crippen LogP contribution in [0.1, 0.15) is 51.9 Å². The zero-order chi connectivity index (χ0) is 14.9. The van der Waals surface area contributed by atoms with Gasteiger partial charge in [0, 0.05) is 17.5 Å². The van der Waals surface area contributed by atoms with E-state index >= 15 is 0 Å². The zero-order valence-electron chi connectivity index (χ0n) is 13.2. The lowest BCUT2D eigenvalue weighted by Crippen LogP contribution is -2.22. The highest BCUT2D eigenvalue weighted by atomic mass is 15.3. The van der Waals surface area contributed by atoms with Gasteiger partial charge in [0.1, 0.15) is 17.5 Å². The van der Waals surface area contributed by atoms with Crippen LogP contribution in [-0.2, 0) is 5.41 Å². The molecule has 1 aromatic heterocycles. The molecule has 112 valence electrons. The smallest absolute Gasteiger partial charge is 0.148 e. The van der Waals surface area contributed by atoms with Crippen LogP contribution in [0.15, 0.2) is 0 Å². The van der Waals surface area contributed by atoms with Gasteiger partial charge in [-0.3, -0.25) is 0 Å². The van der Waals surface area contributed by atoms with Gasteiger partial charge < -0.3 is 10.7 Å². The fourth-order valence-electron chi connectivity index (χ4n) is 2.25. The Balaban J connectivity index is 2.20. The van der Waals surface area contributed by atoms with Crippen molar-refractivity contribution in [2.24, 2.45) is 17.7 Å². The summed E-state index contributed by atoms with van der Waals surface area (Å²) in [6, 6.07) is 0. The van der Waals surface area contributed by atoms with Crippen molar-refractivity contribution in [3.05, 3.63) is 11.4 Å². The molecular weight excluding hydrogens is 250 g/mol. The first kappa shape index (κ1) is 15.0. The molecule has 0 radical (unpaired) electrons. The lowest BCUT2D eigenvalue weighted by atomic mass is 9.95. The Kier molecular flexibility index (Phi) is 4.18. The minimum Gasteiger partial charge on any atom is -0.369 e. The number of hydrazine groups is 1. The number of hydrogen-bond acceptors (Lipinski definition) is 5. The van der Waals surface area contributed by atoms with Crippen LogP contribution in [0.5, 0.6) is 0 Å². The summed E-state index contributed by atoms with van der Waals surface area (Å²) in [5, 5.41) is 3.47. The minimum absolute atomic E-state index is 0.0994. The third-order valence-electron chi connectivity index (χ3n) is 3.97. The summed E-state index contributed by atoms with van der Waals surface area (Å²) in [7, 11) is 0. The Morgan fingerprint density at radius 1 is 1.25 bits per heavy atom. The monoisotopic (exact) mass is 277 g/mol. The molecule has 0 aliphatic heterocycles. The maximum atomic E-state index is 5.58. The molecule has 5 nitrogen and oxygen atoms in total. The molecule has 0 spiro atoms. The van der Waals surface area contributed by atoms with Crippen molar-refractivity contribution in [2.75, 3.05) is 17.3 Å². The van der Waals surface area contributed by atoms with Crippen molar-refractivity contribution in [1.29, 1.82) is 0 Å². The highest BCUT2D eigenvalue weighted by molar-refractivity contribution is 5.57. The molecule has 1 aromatic rings. The van der Waals surface area contributed by atoms with E-state index in [0.717, 1.165) is 29.7 Å². The number of nitrogens with zero attached hydrogens (tertiary/aromatic N) is 2. The molecule has 1 heterocycles. The molecule has 0 saturated heterocycles. The van der Waals surface area contributed by atoms with Gasteiger partial charge in [-0.15, -0.1) is 0 Å². The van der Waals surface area contributed by atoms with Crippen molar-refractivity contribution in [3.63, 3.8) is 0 Å². The maximum absolute atomic E-state index is 5.58. The average Bonchev–Trinajstić information content (AvgIpc) is 3.20. The molecule has 20 heavy (non-hydrogen) atoms. The van der Waals surface area contributed by atoms with Crippen LogP contribution < -0.4 is 16.6 Å². The van der Waals surface area contributed by atoms with E-state index in [0.29, 0.717) is 11.7 Å². The predicted octanol–water partition coefficient (Wildman–Crippen LogP) is 2.83. The third-order valence-corrected chi connectivity index (χ3v) is 3.97. The van der Waals surface area contributed by atoms with Gasteiger partial charge in [0.2, 0.25) is 0 Å². The topological polar surface area (TPSA) is 75.9 Å². The molecule has 1 atom stereocenters. The first-order chi connectivity index (χ1) is 9.32. The number of anilines is 2. The molecule has 2 rings (SSSR count). The van der Waals surface area contributed by atoms with Crippen molar-refractivity contribution in [1.82, 2.24) is 9.97 Å². The lowest BCUT2D eigenvalue weighted by Gasteiger charge is -2.21. The molecule has 0 amide bonds. The van der Waals surface area contributed by atoms with E-state index in [1.54, 1.807) is 0 Å². The molecule has 1 fully saturated rings. The predicted molar refractivity (Wildman–Crippen MR) is 83.7 cm³/mol. The summed E-state index contributed by atoms with van der Waals surface area (Å²) >= 11 is 0. The first-order valence-corrected chi connectivity index (χ1v) is 7.42. The average molecular weight is 277 g/mol. The third kappa shape index (κ3) is 3.39. The van der Waals surface area contributed by atoms with Crippen LogP contribution in [0.25, 0.3) is 0 Å². The van der Waals surface area contributed by atoms with E-state index in [1.807, 2.05) is 6.92 Å². The van der Waals surface area contributed by atoms with Crippen LogP contribution >= 0.6 is 0 Å². The molecule has 1 aliphatic rings. The summed E-state index contributed by atoms with van der Waals surface area (Å²) in [5.41, 5.74) is 3.56. The Morgan fingerprint density at radius 2 is 1.85 bits per heavy atom. The van der Waals surface area contributed by atoms with Crippen molar-refractivity contribution in [2.45, 2.75) is 52.9 Å². The van der Waals surface area contributed by atoms with Crippen LogP contribution in [0.3, 0.4) is 0 Å². The van der Waals surface area contributed by atoms with Gasteiger partial charge in [-0.1, -0.05) is 27.7 Å². The number of nitrogens with two attached hydrogens (primary N) is 1. The molecule has 4 N–H and O–H groups in total. The quantitative estimate of drug-likeness (QED) is 0.570. The van der Waals surface area contributed by atoms with E-state index in [1.165, 1.54) is 12.8 Å². The molecular formula is C15H27N5. The standard InChI is InChI=1S/C15H27N5/c1-9(11-6-7-11)8-17-12-10(2)13(20-16)19-14(18-12)15(3,4)5/h9,11H,6-8,16H2,1-5H3,(H2,17,18,19,20). The molecule has 5 heteroatoms. The largest absolute Gasteiger partial charge is 0.369 e. The zero-order valence-corrected chi connectivity index (χ0v) is 13.2. The van der Waals surface area contributed by atoms with E-state index < -0.39 is 0 Å². The highest BCUT2D eigenvalue weighted by Crippen LogP contribution is 2.36. The fraction of sp³-hybridized carbons (Fsp3) is 0.733. The number of nitrogen functional groups attached to an aromatic ring is 1. The summed E-state index contributed by atoms with van der Waals surface area (Å²) < 4.78 is 0. The summed E-state index contributed by atoms with van der Waals surface area (Å²) in [6.07, 6.45) is 2.74. The Morgan fingerprint density at radius 3 is 2.35 bits per heavy atom. The minimum atomic E-state index is -0.0994. The van der Waals surface area contributed by atoms with Gasteiger partial charge in [0.05, 0.1) is 0 Å². The summed E-state index contributed by atoms with van der Waals surface area (Å²) in [5.74, 6) is 9.55. The maximum Gasteiger partial charge on any atom is 0.148 e. The van der Waals surface area contributed by atoms with Crippen molar-refractivity contribution < 1.29 is 0 Å². The summed E-state index contributed by atoms with van der Waals surface area (Å²) in [4.78, 5) is 9.20. The second-order valence-corrected chi connectivity index (χ2v) is 6.96. The van der Waals surface area contributed by atoms with E-state index in [2.05, 4.69) is 48.4 Å². The Bertz CT molecular complexity index is 474. The summed E-state index contributed by atoms with van der Waals surface area (Å²) in [6.45, 7) is 11.6. The SMILES string of the molecule is Cc1c(NN)nc(C(C)(C)C)nc1NCC(C)C1CC1. The van der Waals surface area contributed by atoms with Gasteiger partial charge in [0.15, 0.2) is 0 Å². The van der Waals surface area contributed by atoms with Gasteiger partial charge in [-0.2, -0.15) is 0 Å². The van der Waals surface area contributed by atoms with Crippen molar-refractivity contribution in [3.8, 4) is 0 Å². The number of aromatic nitrogens is 2. The van der Waals surface area contributed by atoms with Gasteiger partial charge >= 0.3 is 0 Å². The van der Waals surface area contributed by atoms with Gasteiger partial charge in [-0.25, -0.2) is 15.8 Å². The second-order valence-electron chi connectivity index (χ2n) is 6.96. The van der Waals surface area contributed by atoms with Gasteiger partial charge in [0.25, 0.3) is 0 Å². The highest BCUT2D eigenvalue weighted by Gasteiger charge is 2.28. The van der Waals surface area contributed by atoms with Crippen LogP contribution in [0.2, 0.25) is 0 Å². The van der Waals surface area contributed by atoms with E-state index in [9.17, 15) is 0 Å². The molecule has 1 aliphatic carbocycles.